The average Bonchev–Trinajstić information content (AvgIpc) is 3.31. The number of aliphatic carboxylic acids is 1. The van der Waals surface area contributed by atoms with Crippen molar-refractivity contribution in [2.75, 3.05) is 6.54 Å². The van der Waals surface area contributed by atoms with Crippen LogP contribution in [-0.4, -0.2) is 47.1 Å². The third kappa shape index (κ3) is 7.06. The van der Waals surface area contributed by atoms with Gasteiger partial charge in [0.1, 0.15) is 6.04 Å². The molecule has 1 aliphatic rings. The van der Waals surface area contributed by atoms with E-state index in [2.05, 4.69) is 59.3 Å². The fourth-order valence-corrected chi connectivity index (χ4v) is 5.92. The number of carboxylic acid groups (broad SMARTS) is 1. The van der Waals surface area contributed by atoms with Gasteiger partial charge in [0.25, 0.3) is 0 Å². The van der Waals surface area contributed by atoms with Gasteiger partial charge in [0.2, 0.25) is 10.0 Å². The third-order valence-electron chi connectivity index (χ3n) is 6.69. The highest BCUT2D eigenvalue weighted by Gasteiger charge is 2.28. The molecular formula is C28H37N5O4S. The van der Waals surface area contributed by atoms with Crippen molar-refractivity contribution in [3.05, 3.63) is 76.6 Å². The molecule has 0 saturated carbocycles. The van der Waals surface area contributed by atoms with Crippen molar-refractivity contribution in [2.45, 2.75) is 76.9 Å². The van der Waals surface area contributed by atoms with E-state index in [4.69, 9.17) is 0 Å². The maximum Gasteiger partial charge on any atom is 0.322 e. The normalized spacial score (nSPS) is 16.7. The molecule has 0 saturated heterocycles. The Balaban J connectivity index is 1.46. The van der Waals surface area contributed by atoms with Gasteiger partial charge in [-0.2, -0.15) is 4.72 Å². The number of nitrogens with one attached hydrogen (secondary N) is 2. The summed E-state index contributed by atoms with van der Waals surface area (Å²) in [6.07, 6.45) is 4.54. The topological polar surface area (TPSA) is 126 Å². The summed E-state index contributed by atoms with van der Waals surface area (Å²) in [5.74, 6) is -1.27. The van der Waals surface area contributed by atoms with Crippen LogP contribution in [0.5, 0.6) is 0 Å². The number of fused-ring (bicyclic) bond motifs is 1. The summed E-state index contributed by atoms with van der Waals surface area (Å²) >= 11 is 0. The zero-order chi connectivity index (χ0) is 27.5. The number of carboxylic acids is 1. The predicted octanol–water partition coefficient (Wildman–Crippen LogP) is 3.62. The van der Waals surface area contributed by atoms with Gasteiger partial charge in [-0.1, -0.05) is 61.9 Å². The van der Waals surface area contributed by atoms with Crippen molar-refractivity contribution in [1.29, 1.82) is 0 Å². The molecule has 3 aromatic rings. The number of carbonyl (C=O) groups is 1. The van der Waals surface area contributed by atoms with Crippen LogP contribution in [0, 0.1) is 12.3 Å². The van der Waals surface area contributed by atoms with E-state index in [9.17, 15) is 18.3 Å². The van der Waals surface area contributed by atoms with Gasteiger partial charge in [0.05, 0.1) is 16.6 Å². The van der Waals surface area contributed by atoms with E-state index in [-0.39, 0.29) is 22.8 Å². The van der Waals surface area contributed by atoms with Crippen LogP contribution in [0.25, 0.3) is 0 Å². The lowest BCUT2D eigenvalue weighted by atomic mass is 9.86. The highest BCUT2D eigenvalue weighted by molar-refractivity contribution is 7.89. The maximum atomic E-state index is 12.8. The second-order valence-electron chi connectivity index (χ2n) is 11.3. The molecule has 0 spiro atoms. The summed E-state index contributed by atoms with van der Waals surface area (Å²) in [5.41, 5.74) is 5.29. The summed E-state index contributed by atoms with van der Waals surface area (Å²) in [7, 11) is -4.01. The fraction of sp³-hybridized carbons (Fsp3) is 0.464. The number of nitrogens with zero attached hydrogens (tertiary/aromatic N) is 3. The summed E-state index contributed by atoms with van der Waals surface area (Å²) < 4.78 is 29.6. The molecule has 4 rings (SSSR count). The summed E-state index contributed by atoms with van der Waals surface area (Å²) in [5, 5.41) is 21.7. The van der Waals surface area contributed by atoms with Gasteiger partial charge >= 0.3 is 5.97 Å². The zero-order valence-corrected chi connectivity index (χ0v) is 23.3. The second-order valence-corrected chi connectivity index (χ2v) is 13.0. The lowest BCUT2D eigenvalue weighted by Gasteiger charge is -2.26. The van der Waals surface area contributed by atoms with Gasteiger partial charge in [0, 0.05) is 25.7 Å². The van der Waals surface area contributed by atoms with Crippen molar-refractivity contribution in [2.24, 2.45) is 5.41 Å². The van der Waals surface area contributed by atoms with Gasteiger partial charge in [-0.3, -0.25) is 4.79 Å². The minimum Gasteiger partial charge on any atom is -0.480 e. The lowest BCUT2D eigenvalue weighted by Crippen LogP contribution is -2.42. The molecular weight excluding hydrogens is 502 g/mol. The van der Waals surface area contributed by atoms with E-state index >= 15 is 0 Å². The number of hydrogen-bond acceptors (Lipinski definition) is 6. The van der Waals surface area contributed by atoms with Gasteiger partial charge in [-0.15, -0.1) is 5.10 Å². The molecule has 0 amide bonds. The van der Waals surface area contributed by atoms with E-state index in [0.717, 1.165) is 37.9 Å². The summed E-state index contributed by atoms with van der Waals surface area (Å²) in [6, 6.07) is 11.5. The molecule has 204 valence electrons. The van der Waals surface area contributed by atoms with Crippen LogP contribution in [0.1, 0.15) is 67.6 Å². The first-order chi connectivity index (χ1) is 17.9. The molecule has 0 bridgehead atoms. The predicted molar refractivity (Wildman–Crippen MR) is 145 cm³/mol. The summed E-state index contributed by atoms with van der Waals surface area (Å²) in [4.78, 5) is 11.9. The molecule has 3 N–H and O–H groups in total. The van der Waals surface area contributed by atoms with Crippen LogP contribution in [0.2, 0.25) is 0 Å². The van der Waals surface area contributed by atoms with Crippen LogP contribution >= 0.6 is 0 Å². The first kappa shape index (κ1) is 27.9. The SMILES string of the molecule is Cc1ccc(S(=O)(=O)N[C@H](Cc2cn([C@@H]3CCCc4cc(CNCC(C)(C)C)ccc43)nn2)C(=O)O)cc1. The van der Waals surface area contributed by atoms with Crippen LogP contribution in [0.15, 0.2) is 53.6 Å². The number of sulfonamides is 1. The molecule has 2 aromatic carbocycles. The highest BCUT2D eigenvalue weighted by Crippen LogP contribution is 2.33. The zero-order valence-electron chi connectivity index (χ0n) is 22.4. The Morgan fingerprint density at radius 3 is 2.61 bits per heavy atom. The number of hydrogen-bond donors (Lipinski definition) is 3. The van der Waals surface area contributed by atoms with E-state index in [1.54, 1.807) is 23.0 Å². The molecule has 0 fully saturated rings. The van der Waals surface area contributed by atoms with Crippen LogP contribution < -0.4 is 10.0 Å². The first-order valence-corrected chi connectivity index (χ1v) is 14.4. The Labute approximate surface area is 224 Å². The minimum absolute atomic E-state index is 0.00381. The van der Waals surface area contributed by atoms with Gasteiger partial charge in [0.15, 0.2) is 0 Å². The number of benzene rings is 2. The highest BCUT2D eigenvalue weighted by atomic mass is 32.2. The Bertz CT molecular complexity index is 1380. The van der Waals surface area contributed by atoms with Gasteiger partial charge in [-0.05, 0) is 60.4 Å². The Hall–Kier alpha value is -3.08. The maximum absolute atomic E-state index is 12.8. The molecule has 9 nitrogen and oxygen atoms in total. The standard InChI is InChI=1S/C28H37N5O4S/c1-19-8-11-23(12-9-19)38(36,37)31-25(27(34)35)15-22-17-33(32-30-22)26-7-5-6-21-14-20(10-13-24(21)26)16-29-18-28(2,3)4/h8-14,17,25-26,29,31H,5-7,15-16,18H2,1-4H3,(H,34,35)/t25-,26-/m1/s1. The van der Waals surface area contributed by atoms with Crippen LogP contribution in [0.4, 0.5) is 0 Å². The van der Waals surface area contributed by atoms with Gasteiger partial charge in [-0.25, -0.2) is 13.1 Å². The van der Waals surface area contributed by atoms with Crippen molar-refractivity contribution >= 4 is 16.0 Å². The van der Waals surface area contributed by atoms with Crippen molar-refractivity contribution in [3.63, 3.8) is 0 Å². The summed E-state index contributed by atoms with van der Waals surface area (Å²) in [6.45, 7) is 10.2. The quantitative estimate of drug-likeness (QED) is 0.359. The average molecular weight is 540 g/mol. The lowest BCUT2D eigenvalue weighted by molar-refractivity contribution is -0.138. The Kier molecular flexibility index (Phi) is 8.34. The molecule has 1 aliphatic carbocycles. The Morgan fingerprint density at radius 2 is 1.92 bits per heavy atom. The van der Waals surface area contributed by atoms with E-state index in [1.807, 2.05) is 6.92 Å². The Morgan fingerprint density at radius 1 is 1.18 bits per heavy atom. The van der Waals surface area contributed by atoms with Crippen LogP contribution in [0.3, 0.4) is 0 Å². The van der Waals surface area contributed by atoms with E-state index < -0.39 is 22.0 Å². The molecule has 0 radical (unpaired) electrons. The molecule has 1 aromatic heterocycles. The van der Waals surface area contributed by atoms with Crippen molar-refractivity contribution < 1.29 is 18.3 Å². The smallest absolute Gasteiger partial charge is 0.322 e. The first-order valence-electron chi connectivity index (χ1n) is 13.0. The minimum atomic E-state index is -4.01. The van der Waals surface area contributed by atoms with Crippen LogP contribution in [-0.2, 0) is 34.2 Å². The van der Waals surface area contributed by atoms with Crippen molar-refractivity contribution in [1.82, 2.24) is 25.0 Å². The largest absolute Gasteiger partial charge is 0.480 e. The number of aryl methyl sites for hydroxylation is 2. The monoisotopic (exact) mass is 539 g/mol. The molecule has 2 atom stereocenters. The second kappa shape index (κ2) is 11.3. The van der Waals surface area contributed by atoms with E-state index in [0.29, 0.717) is 5.69 Å². The van der Waals surface area contributed by atoms with Crippen molar-refractivity contribution in [3.8, 4) is 0 Å². The molecule has 38 heavy (non-hydrogen) atoms. The fourth-order valence-electron chi connectivity index (χ4n) is 4.73. The van der Waals surface area contributed by atoms with Gasteiger partial charge < -0.3 is 10.4 Å². The number of rotatable bonds is 10. The molecule has 0 unspecified atom stereocenters. The molecule has 10 heteroatoms. The molecule has 1 heterocycles. The number of aromatic nitrogens is 3. The molecule has 0 aliphatic heterocycles. The third-order valence-corrected chi connectivity index (χ3v) is 8.18. The van der Waals surface area contributed by atoms with E-state index in [1.165, 1.54) is 28.8 Å².